The zero-order valence-corrected chi connectivity index (χ0v) is 20.9. The van der Waals surface area contributed by atoms with Crippen LogP contribution in [0.5, 0.6) is 5.75 Å². The first kappa shape index (κ1) is 24.6. The number of para-hydroxylation sites is 1. The maximum atomic E-state index is 5.49. The molecule has 3 aromatic rings. The molecule has 0 N–H and O–H groups in total. The van der Waals surface area contributed by atoms with Crippen molar-refractivity contribution in [1.82, 2.24) is 0 Å². The van der Waals surface area contributed by atoms with Crippen molar-refractivity contribution in [3.63, 3.8) is 0 Å². The summed E-state index contributed by atoms with van der Waals surface area (Å²) in [6.45, 7) is 10.4. The van der Waals surface area contributed by atoms with Crippen LogP contribution in [-0.2, 0) is 13.1 Å². The summed E-state index contributed by atoms with van der Waals surface area (Å²) in [6, 6.07) is 18.1. The van der Waals surface area contributed by atoms with Crippen molar-refractivity contribution in [2.45, 2.75) is 34.6 Å². The van der Waals surface area contributed by atoms with Crippen molar-refractivity contribution < 1.29 is 18.0 Å². The van der Waals surface area contributed by atoms with Crippen LogP contribution in [0.25, 0.3) is 0 Å². The average molecular weight is 503 g/mol. The number of oxime groups is 1. The Balaban J connectivity index is 0.00000101. The Kier molecular flexibility index (Phi) is 10.1. The number of nitrogens with zero attached hydrogens (tertiary/aromatic N) is 2. The molecule has 160 valence electrons. The number of halogens is 2. The molecule has 0 atom stereocenters. The zero-order valence-electron chi connectivity index (χ0n) is 17.5. The van der Waals surface area contributed by atoms with Crippen LogP contribution in [0.1, 0.15) is 40.3 Å². The van der Waals surface area contributed by atoms with Crippen LogP contribution in [0.2, 0.25) is 0 Å². The van der Waals surface area contributed by atoms with Crippen LogP contribution >= 0.6 is 31.5 Å². The van der Waals surface area contributed by atoms with E-state index in [1.54, 1.807) is 11.3 Å². The molecule has 3 nitrogen and oxygen atoms in total. The van der Waals surface area contributed by atoms with Gasteiger partial charge in [-0.05, 0) is 70.0 Å². The van der Waals surface area contributed by atoms with E-state index in [0.29, 0.717) is 0 Å². The van der Waals surface area contributed by atoms with E-state index in [9.17, 15) is 0 Å². The number of rotatable bonds is 5. The van der Waals surface area contributed by atoms with Crippen molar-refractivity contribution in [3.05, 3.63) is 81.0 Å². The Morgan fingerprint density at radius 3 is 1.97 bits per heavy atom. The molecule has 0 aliphatic carbocycles. The number of hydrogen-bond donors (Lipinski definition) is 0. The van der Waals surface area contributed by atoms with Gasteiger partial charge in [0.2, 0.25) is 0 Å². The van der Waals surface area contributed by atoms with Gasteiger partial charge in [0, 0.05) is 4.88 Å². The van der Waals surface area contributed by atoms with E-state index < -0.39 is 0 Å². The van der Waals surface area contributed by atoms with Crippen molar-refractivity contribution in [3.8, 4) is 5.75 Å². The molecule has 1 aromatic heterocycles. The molecule has 30 heavy (non-hydrogen) atoms. The van der Waals surface area contributed by atoms with Crippen LogP contribution in [0.15, 0.2) is 64.7 Å². The first-order chi connectivity index (χ1) is 14.3. The second-order valence-corrected chi connectivity index (χ2v) is 9.65. The van der Waals surface area contributed by atoms with E-state index in [4.69, 9.17) is 30.0 Å². The Labute approximate surface area is 197 Å². The van der Waals surface area contributed by atoms with E-state index in [1.807, 2.05) is 37.3 Å². The van der Waals surface area contributed by atoms with Gasteiger partial charge in [-0.1, -0.05) is 41.1 Å². The third-order valence-electron chi connectivity index (χ3n) is 4.27. The Bertz CT molecular complexity index is 1010. The Morgan fingerprint density at radius 1 is 0.867 bits per heavy atom. The molecule has 2 aromatic carbocycles. The van der Waals surface area contributed by atoms with Gasteiger partial charge in [-0.2, -0.15) is 0 Å². The molecule has 1 heterocycles. The molecule has 0 aliphatic rings. The van der Waals surface area contributed by atoms with Gasteiger partial charge in [-0.3, -0.25) is 4.99 Å². The second-order valence-electron chi connectivity index (χ2n) is 6.74. The minimum atomic E-state index is 0.194. The summed E-state index contributed by atoms with van der Waals surface area (Å²) in [6.07, 6.45) is 0. The summed E-state index contributed by atoms with van der Waals surface area (Å²) in [7, 11) is 9.53. The summed E-state index contributed by atoms with van der Waals surface area (Å²) in [5.74, 6) is 0.733. The number of hydrogen-bond acceptors (Lipinski definition) is 4. The third-order valence-corrected chi connectivity index (χ3v) is 5.57. The molecule has 0 saturated carbocycles. The molecule has 0 fully saturated rings. The monoisotopic (exact) mass is 502 g/mol. The molecular formula is C23H24Cl2FeN2OS. The van der Waals surface area contributed by atoms with E-state index in [0.717, 1.165) is 32.6 Å². The summed E-state index contributed by atoms with van der Waals surface area (Å²) < 4.78 is 0. The van der Waals surface area contributed by atoms with E-state index in [1.165, 1.54) is 16.7 Å². The van der Waals surface area contributed by atoms with E-state index in [2.05, 4.69) is 57.1 Å². The quantitative estimate of drug-likeness (QED) is 0.197. The molecule has 0 spiro atoms. The minimum absolute atomic E-state index is 0.194. The number of aliphatic imine (C=N–C) groups is 1. The van der Waals surface area contributed by atoms with E-state index >= 15 is 0 Å². The topological polar surface area (TPSA) is 34.0 Å². The Morgan fingerprint density at radius 2 is 1.40 bits per heavy atom. The standard InChI is InChI=1S/C23H24N2OS.2ClH.Fe/c1-15-13-16(2)23(17(3)14-15)24-18(4)21-11-12-22(27-21)19(5)25-26-20-9-7-6-8-10-20;;;/h6-14H,1-5H3;2*1H;/q;;;+2/p-2/b24-18?,25-19+;;;. The summed E-state index contributed by atoms with van der Waals surface area (Å²) in [4.78, 5) is 12.6. The predicted molar refractivity (Wildman–Crippen MR) is 128 cm³/mol. The fourth-order valence-corrected chi connectivity index (χ4v) is 3.83. The molecule has 3 rings (SSSR count). The van der Waals surface area contributed by atoms with Crippen LogP contribution in [0, 0.1) is 20.8 Å². The van der Waals surface area contributed by atoms with Gasteiger partial charge in [-0.25, -0.2) is 0 Å². The van der Waals surface area contributed by atoms with Crippen molar-refractivity contribution >= 4 is 48.6 Å². The number of aryl methyl sites for hydroxylation is 3. The summed E-state index contributed by atoms with van der Waals surface area (Å²) in [5, 5.41) is 4.25. The summed E-state index contributed by atoms with van der Waals surface area (Å²) in [5.41, 5.74) is 6.61. The maximum absolute atomic E-state index is 5.49. The SMILES string of the molecule is CC(=Nc1c(C)cc(C)cc1C)c1ccc(/C(C)=N/Oc2ccccc2)s1.[Cl][Fe][Cl]. The molecule has 0 bridgehead atoms. The van der Waals surface area contributed by atoms with Crippen molar-refractivity contribution in [2.24, 2.45) is 10.1 Å². The molecule has 0 saturated heterocycles. The van der Waals surface area contributed by atoms with Crippen LogP contribution < -0.4 is 4.84 Å². The summed E-state index contributed by atoms with van der Waals surface area (Å²) >= 11 is 1.87. The van der Waals surface area contributed by atoms with Gasteiger partial charge < -0.3 is 4.84 Å². The fourth-order valence-electron chi connectivity index (χ4n) is 2.95. The van der Waals surface area contributed by atoms with Gasteiger partial charge in [-0.15, -0.1) is 11.3 Å². The van der Waals surface area contributed by atoms with Gasteiger partial charge in [0.1, 0.15) is 0 Å². The number of benzene rings is 2. The van der Waals surface area contributed by atoms with Gasteiger partial charge in [0.25, 0.3) is 0 Å². The molecular weight excluding hydrogens is 479 g/mol. The van der Waals surface area contributed by atoms with Crippen LogP contribution in [-0.4, -0.2) is 11.4 Å². The number of thiophene rings is 1. The molecule has 0 amide bonds. The normalized spacial score (nSPS) is 11.8. The molecule has 0 unspecified atom stereocenters. The first-order valence-corrected chi connectivity index (χ1v) is 13.1. The van der Waals surface area contributed by atoms with Gasteiger partial charge in [0.05, 0.1) is 22.0 Å². The Hall–Kier alpha value is -1.62. The van der Waals surface area contributed by atoms with Gasteiger partial charge in [0.15, 0.2) is 5.75 Å². The van der Waals surface area contributed by atoms with Crippen molar-refractivity contribution in [2.75, 3.05) is 0 Å². The van der Waals surface area contributed by atoms with Crippen molar-refractivity contribution in [1.29, 1.82) is 0 Å². The van der Waals surface area contributed by atoms with Gasteiger partial charge >= 0.3 is 33.3 Å². The first-order valence-electron chi connectivity index (χ1n) is 9.21. The average Bonchev–Trinajstić information content (AvgIpc) is 3.20. The van der Waals surface area contributed by atoms with Crippen LogP contribution in [0.4, 0.5) is 5.69 Å². The second kappa shape index (κ2) is 12.3. The fraction of sp³-hybridized carbons (Fsp3) is 0.217. The van der Waals surface area contributed by atoms with E-state index in [-0.39, 0.29) is 13.1 Å². The molecule has 0 aliphatic heterocycles. The third kappa shape index (κ3) is 7.26. The molecule has 7 heteroatoms. The molecule has 0 radical (unpaired) electrons. The zero-order chi connectivity index (χ0) is 22.1. The predicted octanol–water partition coefficient (Wildman–Crippen LogP) is 7.99. The van der Waals surface area contributed by atoms with Crippen LogP contribution in [0.3, 0.4) is 0 Å².